The third-order valence-electron chi connectivity index (χ3n) is 23.5. The number of nitriles is 1. The van der Waals surface area contributed by atoms with Crippen molar-refractivity contribution in [3.8, 4) is 79.2 Å². The zero-order chi connectivity index (χ0) is 105. The highest BCUT2D eigenvalue weighted by atomic mass is 79.9. The number of hydrogen-bond donors (Lipinski definition) is 2. The monoisotopic (exact) mass is 1520 g/mol. The lowest BCUT2D eigenvalue weighted by atomic mass is 9.56. The van der Waals surface area contributed by atoms with Crippen molar-refractivity contribution < 1.29 is 66.9 Å². The van der Waals surface area contributed by atoms with E-state index in [4.69, 9.17) is 78.9 Å². The second kappa shape index (κ2) is 27.3. The Morgan fingerprint density at radius 3 is 1.29 bits per heavy atom. The molecule has 0 spiro atoms. The van der Waals surface area contributed by atoms with Crippen molar-refractivity contribution in [2.75, 3.05) is 0 Å². The molecule has 546 valence electrons. The number of nitrogens with zero attached hydrogens (tertiary/aromatic N) is 9. The number of allylic oxidation sites excluding steroid dienone is 6. The topological polar surface area (TPSA) is 144 Å². The van der Waals surface area contributed by atoms with Crippen LogP contribution >= 0.6 is 15.9 Å². The number of halogens is 1. The lowest BCUT2D eigenvalue weighted by Crippen LogP contribution is -2.46. The first-order valence-corrected chi connectivity index (χ1v) is 36.6. The first-order chi connectivity index (χ1) is 67.0. The second-order valence-electron chi connectivity index (χ2n) is 29.4. The number of rotatable bonds is 8. The third-order valence-corrected chi connectivity index (χ3v) is 24.0. The number of hydrogen-bond acceptors (Lipinski definition) is 7. The SMILES string of the molecule is C[C@H]1C(O)=C(C#N)C[C@@]2(C)c3c(c(-c4ccccc4)nn3-c3cccc(Br)c3)CC[C@H]12.[3HH].[3H][3H].[3H][3H].[3H][3H].[3H][3H].[3H][3H].[3H][3H].[3H][3H].[3H][3H].[3H][3H].[3H][3H].[3H][3H].[3H][3H].[3H][3H].[3H][3H].[3H][3H].[3H][3H].[3H][3H].[C-]#[N+]C1=C(O)[C@H](C)[C@H]2CCc3c(-c4ccccc4)nn(-c4cccc(-c5ccccc5)c4)c3[C@]2(C)C1.[C-]#[N+]C1=C[C@@]2(C)c3c(c(-c4ccccc4)nn3-c3cccc(-c4ccccc4)c3)CC[C@@H]2[C@@H](C)C1=O. The van der Waals surface area contributed by atoms with Gasteiger partial charge in [-0.15, -0.1) is 0 Å². The number of carbonyl (C=O) groups is 1. The van der Waals surface area contributed by atoms with E-state index < -0.39 is 5.41 Å². The van der Waals surface area contributed by atoms with Crippen LogP contribution in [0.4, 0.5) is 0 Å². The quantitative estimate of drug-likeness (QED) is 0.144. The van der Waals surface area contributed by atoms with Crippen LogP contribution in [0.15, 0.2) is 263 Å². The van der Waals surface area contributed by atoms with E-state index in [0.29, 0.717) is 24.1 Å². The van der Waals surface area contributed by atoms with E-state index in [9.17, 15) is 20.3 Å². The van der Waals surface area contributed by atoms with E-state index in [1.807, 2.05) is 91.9 Å². The van der Waals surface area contributed by atoms with Gasteiger partial charge >= 0.3 is 0 Å². The molecule has 8 aromatic carbocycles. The van der Waals surface area contributed by atoms with Gasteiger partial charge in [0.05, 0.1) is 81.8 Å². The molecular formula is C90H116BrN9O3. The summed E-state index contributed by atoms with van der Waals surface area (Å²) in [6.07, 6.45) is 8.50. The van der Waals surface area contributed by atoms with Gasteiger partial charge in [0, 0.05) is 124 Å². The van der Waals surface area contributed by atoms with Crippen LogP contribution in [0.2, 0.25) is 0 Å². The van der Waals surface area contributed by atoms with Crippen LogP contribution in [0.25, 0.3) is 82.8 Å². The van der Waals surface area contributed by atoms with Crippen LogP contribution in [-0.2, 0) is 40.3 Å². The van der Waals surface area contributed by atoms with Gasteiger partial charge in [-0.25, -0.2) is 23.7 Å². The molecular weight excluding hydrogens is 1330 g/mol. The lowest BCUT2D eigenvalue weighted by Gasteiger charge is -2.48. The predicted molar refractivity (Wildman–Crippen MR) is 449 cm³/mol. The fraction of sp³-hybridized carbons (Fsp3) is 0.256. The average molecular weight is 1520 g/mol. The number of Topliss-reactive ketones (excluding diaryl/α,β-unsaturated/α-hetero) is 1. The van der Waals surface area contributed by atoms with Crippen LogP contribution in [0.5, 0.6) is 0 Å². The van der Waals surface area contributed by atoms with Crippen molar-refractivity contribution in [1.29, 1.82) is 5.26 Å². The summed E-state index contributed by atoms with van der Waals surface area (Å²) in [7, 11) is 0. The molecule has 0 radical (unpaired) electrons. The molecule has 0 bridgehead atoms. The summed E-state index contributed by atoms with van der Waals surface area (Å²) in [6, 6.07) is 79.3. The number of aromatic nitrogens is 6. The van der Waals surface area contributed by atoms with E-state index in [2.05, 4.69) is 226 Å². The molecule has 0 fully saturated rings. The molecule has 6 aliphatic carbocycles. The maximum absolute atomic E-state index is 12.9. The Labute approximate surface area is 665 Å². The molecule has 17 rings (SSSR count). The smallest absolute Gasteiger partial charge is 0.226 e. The molecule has 3 aromatic heterocycles. The Morgan fingerprint density at radius 2 is 0.864 bits per heavy atom. The summed E-state index contributed by atoms with van der Waals surface area (Å²) in [6.45, 7) is 28.3. The zero-order valence-electron chi connectivity index (χ0n) is 92.8. The average Bonchev–Trinajstić information content (AvgIpc) is 1.53. The molecule has 13 heteroatoms. The Hall–Kier alpha value is -11.2. The molecule has 6 aliphatic rings. The molecule has 3 heterocycles. The Kier molecular flexibility index (Phi) is 13.3. The Morgan fingerprint density at radius 1 is 0.485 bits per heavy atom. The predicted octanol–water partition coefficient (Wildman–Crippen LogP) is 25.7. The fourth-order valence-corrected chi connectivity index (χ4v) is 18.9. The number of benzene rings is 8. The van der Waals surface area contributed by atoms with E-state index in [-0.39, 0.29) is 70.8 Å². The fourth-order valence-electron chi connectivity index (χ4n) is 18.5. The van der Waals surface area contributed by atoms with Gasteiger partial charge in [0.2, 0.25) is 11.4 Å². The third kappa shape index (κ3) is 11.8. The molecule has 0 aliphatic heterocycles. The Balaban J connectivity index is -0.000000842. The molecule has 0 saturated heterocycles. The summed E-state index contributed by atoms with van der Waals surface area (Å²) < 4.78 is 177. The summed E-state index contributed by atoms with van der Waals surface area (Å²) in [4.78, 5) is 20.3. The van der Waals surface area contributed by atoms with E-state index in [1.165, 1.54) is 33.6 Å². The molecule has 11 aromatic rings. The van der Waals surface area contributed by atoms with E-state index >= 15 is 0 Å². The number of aliphatic hydroxyl groups is 2. The van der Waals surface area contributed by atoms with Crippen molar-refractivity contribution in [2.24, 2.45) is 35.5 Å². The molecule has 9 atom stereocenters. The van der Waals surface area contributed by atoms with E-state index in [1.54, 1.807) is 0 Å². The Bertz CT molecular complexity index is 5450. The second-order valence-corrected chi connectivity index (χ2v) is 30.3. The first-order valence-electron chi connectivity index (χ1n) is 52.8. The summed E-state index contributed by atoms with van der Waals surface area (Å²) in [5.41, 5.74) is 21.3. The van der Waals surface area contributed by atoms with Crippen LogP contribution in [-0.4, -0.2) is 45.3 Å². The normalized spacial score (nSPS) is 24.9. The highest BCUT2D eigenvalue weighted by Gasteiger charge is 2.54. The van der Waals surface area contributed by atoms with Gasteiger partial charge in [-0.1, -0.05) is 246 Å². The highest BCUT2D eigenvalue weighted by molar-refractivity contribution is 9.10. The van der Waals surface area contributed by atoms with Crippen LogP contribution < -0.4 is 0 Å². The largest absolute Gasteiger partial charge is 0.523 e. The maximum Gasteiger partial charge on any atom is 0.226 e. The zero-order valence-corrected chi connectivity index (χ0v) is 60.4. The first kappa shape index (κ1) is 50.2. The molecule has 0 saturated carbocycles. The summed E-state index contributed by atoms with van der Waals surface area (Å²) in [5, 5.41) is 46.8. The van der Waals surface area contributed by atoms with Gasteiger partial charge in [-0.3, -0.25) is 0 Å². The number of aliphatic hydroxyl groups excluding tert-OH is 2. The van der Waals surface area contributed by atoms with Crippen molar-refractivity contribution >= 4 is 21.7 Å². The van der Waals surface area contributed by atoms with Gasteiger partial charge in [-0.2, -0.15) is 20.6 Å². The molecule has 103 heavy (non-hydrogen) atoms. The lowest BCUT2D eigenvalue weighted by molar-refractivity contribution is -0.121. The summed E-state index contributed by atoms with van der Waals surface area (Å²) in [5.74, 6) is 0.830. The van der Waals surface area contributed by atoms with Crippen LogP contribution in [0, 0.1) is 60.0 Å². The molecule has 0 amide bonds. The van der Waals surface area contributed by atoms with E-state index in [0.717, 1.165) is 116 Å². The van der Waals surface area contributed by atoms with Crippen molar-refractivity contribution in [2.45, 2.75) is 109 Å². The van der Waals surface area contributed by atoms with Gasteiger partial charge in [0.25, 0.3) is 0 Å². The van der Waals surface area contributed by atoms with Crippen LogP contribution in [0.3, 0.4) is 0 Å². The van der Waals surface area contributed by atoms with Crippen LogP contribution in [0.1, 0.15) is 159 Å². The van der Waals surface area contributed by atoms with Gasteiger partial charge < -0.3 is 15.0 Å². The highest BCUT2D eigenvalue weighted by Crippen LogP contribution is 2.58. The molecule has 0 unspecified atom stereocenters. The standard InChI is InChI=1S/C32H29N3O.C32H27N3O.C26H24BrN3O.18H2/c2*1-21-27-18-17-26-29(23-13-8-5-9-14-23)34-35(31(26)32(27,2)20-28(33-3)30(21)36)25-16-10-15-24(19-25)22-11-6-4-7-12-22;1-16-22-12-11-21-23(17-7-4-3-5-8-17)29-30(20-10-6-9-19(27)13-20)25(21)26(22,2)14-18(15-28)24(16)31;;;;;;;;;;;;;;;;;;/h4-16,19,21,27,36H,17-18,20H2,1-2H3;4-16,19-21,27H,17-18H2,1-2H3;3-10,13,16,22,31H,11-12,14H2,1-2H3;18*1H/t2*21-,27-,32-;16-,22-,26-;;;;;;;;;;;;;;;;;;/m111................../s1/i;;;17*1+2T;1+2. The maximum atomic E-state index is 12.9. The van der Waals surface area contributed by atoms with Crippen molar-refractivity contribution in [3.05, 3.63) is 320 Å². The van der Waals surface area contributed by atoms with Gasteiger partial charge in [0.15, 0.2) is 5.78 Å². The number of fused-ring (bicyclic) bond motifs is 9. The summed E-state index contributed by atoms with van der Waals surface area (Å²) >= 11 is 3.60. The minimum absolute atomic E-state index is 0. The van der Waals surface area contributed by atoms with Crippen molar-refractivity contribution in [3.63, 3.8) is 0 Å². The van der Waals surface area contributed by atoms with Gasteiger partial charge in [-0.05, 0) is 134 Å². The van der Waals surface area contributed by atoms with Gasteiger partial charge in [0.1, 0.15) is 5.76 Å². The number of carbonyl (C=O) groups excluding carboxylic acids is 1. The minimum atomic E-state index is -0.469. The minimum Gasteiger partial charge on any atom is -0.523 e. The number of ketones is 1. The molecule has 2 N–H and O–H groups in total. The molecule has 12 nitrogen and oxygen atoms in total. The van der Waals surface area contributed by atoms with Crippen molar-refractivity contribution in [1.82, 2.24) is 29.3 Å².